The van der Waals surface area contributed by atoms with Gasteiger partial charge in [0, 0.05) is 20.5 Å². The second-order valence-corrected chi connectivity index (χ2v) is 26.2. The van der Waals surface area contributed by atoms with Crippen molar-refractivity contribution in [3.63, 3.8) is 0 Å². The fourth-order valence-corrected chi connectivity index (χ4v) is 12.9. The molecule has 7 rings (SSSR count). The van der Waals surface area contributed by atoms with E-state index in [1.54, 1.807) is 0 Å². The molecule has 7 aliphatic rings. The number of aliphatic hydroxyl groups is 18. The van der Waals surface area contributed by atoms with Gasteiger partial charge in [-0.15, -0.1) is 0 Å². The maximum Gasteiger partial charge on any atom is 1.00 e. The second-order valence-electron chi connectivity index (χ2n) is 24.2. The van der Waals surface area contributed by atoms with E-state index in [1.165, 1.54) is 0 Å². The van der Waals surface area contributed by atoms with Crippen molar-refractivity contribution in [3.8, 4) is 0 Å². The minimum absolute atomic E-state index is 0. The first-order valence-electron chi connectivity index (χ1n) is 31.1. The number of carbonyl (C=O) groups excluding carboxylic acids is 2. The molecule has 7 heterocycles. The Bertz CT molecular complexity index is 2740. The zero-order chi connectivity index (χ0) is 73.3. The Kier molecular flexibility index (Phi) is 36.8. The average Bonchev–Trinajstić information content (AvgIpc) is 0.784. The number of amides is 2. The normalized spacial score (nSPS) is 44.0. The standard InChI is InChI=1S/C52H91N3O42S2.2Na/c1-16(60)54-25-32(67)41(93-51-39(74)44(96-98(76,77)78)29(64)18(9-56)86-51)20(11-58)88-46(25)83-13-22-27(62)34(69)36(71)48(90-22)85-15-24-31(66)43(38(73)49(91-24)82-8-6-4-3-5-7-53)95-50-37(72)35(70)28(63)23(92-50)14-84-47-26(55-17(2)61)33(68)42(21(12-59)89-47)94-52-40(75)45(97-99(79,80)81)30(65)19(10-57)87-52;;/h18-52,56-59,62-75H,3-15,53H2,1-2H3,(H,54,60)(H,55,61)(H,76,77,78)(H,79,80,81);;/q;2*+1/p-2/t18-,19-,20-,21-,22-,23-,24-,25-,26-,27-,28-,29+,30+,31-,32-,33-,34+,35+,36+,37+,38+,39-,40-,41-,42-,43+,44+,45+,46-,47-,48+,49+,50-,51+,52+;;/m1../s1. The predicted molar refractivity (Wildman–Crippen MR) is 303 cm³/mol. The first kappa shape index (κ1) is 91.0. The fraction of sp³-hybridized carbons (Fsp3) is 0.962. The summed E-state index contributed by atoms with van der Waals surface area (Å²) in [6.07, 6.45) is -64.4. The maximum absolute atomic E-state index is 12.5. The maximum atomic E-state index is 12.5. The van der Waals surface area contributed by atoms with Gasteiger partial charge in [0.1, 0.15) is 171 Å². The number of rotatable bonds is 32. The molecule has 101 heavy (non-hydrogen) atoms. The molecule has 45 nitrogen and oxygen atoms in total. The van der Waals surface area contributed by atoms with Crippen LogP contribution < -0.4 is 75.5 Å². The first-order valence-corrected chi connectivity index (χ1v) is 33.7. The summed E-state index contributed by atoms with van der Waals surface area (Å²) in [6, 6.07) is -3.48. The number of nitrogens with two attached hydrogens (primary N) is 1. The number of hydrogen-bond acceptors (Lipinski definition) is 43. The smallest absolute Gasteiger partial charge is 0.726 e. The van der Waals surface area contributed by atoms with Crippen molar-refractivity contribution < 1.29 is 261 Å². The molecule has 0 radical (unpaired) electrons. The monoisotopic (exact) mass is 1540 g/mol. The third-order valence-electron chi connectivity index (χ3n) is 17.1. The molecule has 0 saturated carbocycles. The van der Waals surface area contributed by atoms with Crippen LogP contribution >= 0.6 is 0 Å². The van der Waals surface area contributed by atoms with Gasteiger partial charge in [-0.25, -0.2) is 16.8 Å². The van der Waals surface area contributed by atoms with Crippen molar-refractivity contribution in [3.05, 3.63) is 0 Å². The van der Waals surface area contributed by atoms with Crippen molar-refractivity contribution in [2.24, 2.45) is 5.73 Å². The van der Waals surface area contributed by atoms with Gasteiger partial charge in [-0.2, -0.15) is 0 Å². The molecule has 49 heteroatoms. The molecule has 578 valence electrons. The number of unbranched alkanes of at least 4 members (excludes halogenated alkanes) is 3. The van der Waals surface area contributed by atoms with E-state index in [2.05, 4.69) is 19.0 Å². The Morgan fingerprint density at radius 3 is 1.06 bits per heavy atom. The van der Waals surface area contributed by atoms with Crippen molar-refractivity contribution in [1.29, 1.82) is 0 Å². The van der Waals surface area contributed by atoms with E-state index in [-0.39, 0.29) is 65.7 Å². The minimum Gasteiger partial charge on any atom is -0.726 e. The molecule has 22 N–H and O–H groups in total. The Hall–Kier alpha value is -0.640. The zero-order valence-electron chi connectivity index (χ0n) is 54.6. The molecule has 0 spiro atoms. The molecule has 35 atom stereocenters. The molecule has 0 aromatic carbocycles. The number of nitrogens with one attached hydrogen (secondary N) is 2. The molecule has 0 aliphatic carbocycles. The molecule has 0 bridgehead atoms. The van der Waals surface area contributed by atoms with Gasteiger partial charge in [0.25, 0.3) is 0 Å². The molecular formula is C52H89N3Na2O42S2. The Balaban J connectivity index is 0.00000919. The summed E-state index contributed by atoms with van der Waals surface area (Å²) in [5.41, 5.74) is 5.61. The first-order chi connectivity index (χ1) is 46.6. The van der Waals surface area contributed by atoms with E-state index < -0.39 is 294 Å². The van der Waals surface area contributed by atoms with Crippen LogP contribution in [0.2, 0.25) is 0 Å². The molecule has 0 aromatic rings. The summed E-state index contributed by atoms with van der Waals surface area (Å²) in [6.45, 7) is -4.74. The van der Waals surface area contributed by atoms with Crippen LogP contribution in [0.15, 0.2) is 0 Å². The van der Waals surface area contributed by atoms with E-state index in [1.807, 2.05) is 0 Å². The van der Waals surface area contributed by atoms with Crippen molar-refractivity contribution >= 4 is 32.6 Å². The molecule has 7 aliphatic heterocycles. The number of aliphatic hydroxyl groups excluding tert-OH is 18. The quantitative estimate of drug-likeness (QED) is 0.0129. The van der Waals surface area contributed by atoms with Crippen LogP contribution in [0.1, 0.15) is 39.5 Å². The summed E-state index contributed by atoms with van der Waals surface area (Å²) in [5.74, 6) is -1.72. The van der Waals surface area contributed by atoms with Crippen LogP contribution in [0.3, 0.4) is 0 Å². The van der Waals surface area contributed by atoms with Gasteiger partial charge >= 0.3 is 59.1 Å². The third kappa shape index (κ3) is 23.5. The molecule has 7 saturated heterocycles. The fourth-order valence-electron chi connectivity index (χ4n) is 11.9. The van der Waals surface area contributed by atoms with Gasteiger partial charge in [-0.05, 0) is 19.4 Å². The third-order valence-corrected chi connectivity index (χ3v) is 18.0. The van der Waals surface area contributed by atoms with E-state index in [4.69, 9.17) is 72.0 Å². The van der Waals surface area contributed by atoms with Gasteiger partial charge in [-0.1, -0.05) is 12.8 Å². The average molecular weight is 1540 g/mol. The van der Waals surface area contributed by atoms with Gasteiger partial charge in [0.05, 0.1) is 46.2 Å². The summed E-state index contributed by atoms with van der Waals surface area (Å²) >= 11 is 0. The van der Waals surface area contributed by atoms with Gasteiger partial charge < -0.3 is 184 Å². The zero-order valence-corrected chi connectivity index (χ0v) is 60.3. The van der Waals surface area contributed by atoms with Gasteiger partial charge in [-0.3, -0.25) is 18.0 Å². The summed E-state index contributed by atoms with van der Waals surface area (Å²) in [7, 11) is -11.3. The van der Waals surface area contributed by atoms with Crippen LogP contribution in [-0.4, -0.2) is 404 Å². The minimum atomic E-state index is -5.63. The van der Waals surface area contributed by atoms with E-state index >= 15 is 0 Å². The van der Waals surface area contributed by atoms with Crippen LogP contribution in [-0.2, 0) is 105 Å². The topological polar surface area (TPSA) is 710 Å². The SMILES string of the molecule is CC(=O)N[C@H]1[C@H](OC[C@H]2O[C@H](OC[C@H]3O[C@H](OCCCCCCN)[C@@H](O)[C@@H](O[C@H]4O[C@H](CO[C@@H]5O[C@H](CO)[C@@H](O[C@@H]6O[C@H](CO)[C@H](O)[C@H](OS(=O)(=O)[O-])[C@H]6O)[C@H](O)[C@H]5NC(C)=O)[C@@H](O)[C@H](O)[C@@H]4O)[C@@H]3O)[C@@H](O)[C@@H](O)[C@@H]2O)O[C@H](CO)[C@@H](O[C@@H]2O[C@H](CO)[C@H](O)[C@H](OS(=O)(=O)[O-])[C@H]2O)[C@@H]1O.[Na+].[Na+]. The van der Waals surface area contributed by atoms with Crippen molar-refractivity contribution in [2.75, 3.05) is 59.4 Å². The van der Waals surface area contributed by atoms with Crippen LogP contribution in [0.5, 0.6) is 0 Å². The number of ether oxygens (including phenoxy) is 14. The Labute approximate surface area is 620 Å². The van der Waals surface area contributed by atoms with Crippen LogP contribution in [0, 0.1) is 0 Å². The molecule has 0 aromatic heterocycles. The Morgan fingerprint density at radius 2 is 0.673 bits per heavy atom. The molecule has 2 amide bonds. The van der Waals surface area contributed by atoms with Crippen LogP contribution in [0.25, 0.3) is 0 Å². The second kappa shape index (κ2) is 40.9. The van der Waals surface area contributed by atoms with E-state index in [9.17, 15) is 127 Å². The largest absolute Gasteiger partial charge is 1.00 e. The molecular weight excluding hydrogens is 1450 g/mol. The summed E-state index contributed by atoms with van der Waals surface area (Å²) < 4.78 is 158. The Morgan fingerprint density at radius 1 is 0.366 bits per heavy atom. The predicted octanol–water partition coefficient (Wildman–Crippen LogP) is -21.5. The van der Waals surface area contributed by atoms with Crippen molar-refractivity contribution in [2.45, 2.75) is 254 Å². The molecule has 7 fully saturated rings. The molecule has 0 unspecified atom stereocenters. The van der Waals surface area contributed by atoms with Gasteiger partial charge in [0.2, 0.25) is 32.6 Å². The number of hydrogen-bond donors (Lipinski definition) is 21. The summed E-state index contributed by atoms with van der Waals surface area (Å²) in [5, 5.41) is 202. The number of carbonyl (C=O) groups is 2. The van der Waals surface area contributed by atoms with E-state index in [0.29, 0.717) is 32.2 Å². The van der Waals surface area contributed by atoms with Crippen LogP contribution in [0.4, 0.5) is 0 Å². The van der Waals surface area contributed by atoms with E-state index in [0.717, 1.165) is 13.8 Å². The van der Waals surface area contributed by atoms with Gasteiger partial charge in [0.15, 0.2) is 44.0 Å². The summed E-state index contributed by atoms with van der Waals surface area (Å²) in [4.78, 5) is 25.0. The van der Waals surface area contributed by atoms with Crippen molar-refractivity contribution in [1.82, 2.24) is 10.6 Å².